The molecule has 9 atom stereocenters. The lowest BCUT2D eigenvalue weighted by molar-refractivity contribution is -0.176. The summed E-state index contributed by atoms with van der Waals surface area (Å²) in [6.45, 7) is 13.4. The number of allylic oxidation sites excluding steroid dienone is 3. The van der Waals surface area contributed by atoms with E-state index in [1.54, 1.807) is 0 Å². The van der Waals surface area contributed by atoms with Gasteiger partial charge in [-0.1, -0.05) is 53.2 Å². The number of hydrogen-bond acceptors (Lipinski definition) is 4. The van der Waals surface area contributed by atoms with Crippen LogP contribution in [0.5, 0.6) is 0 Å². The number of aliphatic hydroxyl groups is 1. The van der Waals surface area contributed by atoms with Crippen molar-refractivity contribution in [1.82, 2.24) is 0 Å². The number of rotatable bonds is 1. The Balaban J connectivity index is 1.69. The molecule has 5 nitrogen and oxygen atoms in total. The summed E-state index contributed by atoms with van der Waals surface area (Å²) >= 11 is 0. The molecule has 5 aliphatic carbocycles. The third-order valence-electron chi connectivity index (χ3n) is 12.2. The van der Waals surface area contributed by atoms with Gasteiger partial charge in [0.15, 0.2) is 5.78 Å². The van der Waals surface area contributed by atoms with Gasteiger partial charge in [-0.25, -0.2) is 0 Å². The van der Waals surface area contributed by atoms with E-state index in [0.29, 0.717) is 5.57 Å². The fourth-order valence-electron chi connectivity index (χ4n) is 9.85. The van der Waals surface area contributed by atoms with Crippen molar-refractivity contribution in [1.29, 1.82) is 5.26 Å². The Morgan fingerprint density at radius 2 is 1.74 bits per heavy atom. The zero-order valence-electron chi connectivity index (χ0n) is 22.3. The summed E-state index contributed by atoms with van der Waals surface area (Å²) in [5.41, 5.74) is 6.23. The number of nitrogens with zero attached hydrogens (tertiary/aromatic N) is 1. The number of ketones is 1. The number of nitriles is 1. The maximum absolute atomic E-state index is 14.2. The van der Waals surface area contributed by atoms with Crippen LogP contribution in [0.25, 0.3) is 0 Å². The van der Waals surface area contributed by atoms with E-state index in [1.807, 2.05) is 19.1 Å². The van der Waals surface area contributed by atoms with Crippen LogP contribution in [0.3, 0.4) is 0 Å². The summed E-state index contributed by atoms with van der Waals surface area (Å²) in [6, 6.07) is 2.24. The molecule has 0 heterocycles. The van der Waals surface area contributed by atoms with E-state index in [1.165, 1.54) is 0 Å². The van der Waals surface area contributed by atoms with E-state index < -0.39 is 16.9 Å². The predicted molar refractivity (Wildman–Crippen MR) is 134 cm³/mol. The molecular formula is C30H42N2O3. The van der Waals surface area contributed by atoms with Crippen molar-refractivity contribution in [3.8, 4) is 6.07 Å². The Morgan fingerprint density at radius 1 is 1.09 bits per heavy atom. The summed E-state index contributed by atoms with van der Waals surface area (Å²) in [4.78, 5) is 27.2. The summed E-state index contributed by atoms with van der Waals surface area (Å²) in [6.07, 6.45) is 9.18. The molecule has 5 heteroatoms. The fraction of sp³-hybridized carbons (Fsp3) is 0.767. The minimum Gasteiger partial charge on any atom is -0.387 e. The fourth-order valence-corrected chi connectivity index (χ4v) is 9.85. The van der Waals surface area contributed by atoms with Crippen LogP contribution < -0.4 is 5.73 Å². The molecule has 190 valence electrons. The smallest absolute Gasteiger partial charge is 0.223 e. The molecule has 1 amide bonds. The number of primary amides is 1. The van der Waals surface area contributed by atoms with Gasteiger partial charge in [-0.05, 0) is 85.0 Å². The van der Waals surface area contributed by atoms with Crippen LogP contribution in [0.15, 0.2) is 23.3 Å². The molecule has 0 aromatic rings. The predicted octanol–water partition coefficient (Wildman–Crippen LogP) is 5.09. The molecule has 0 aromatic carbocycles. The normalized spacial score (nSPS) is 50.3. The summed E-state index contributed by atoms with van der Waals surface area (Å²) < 4.78 is 0. The Kier molecular flexibility index (Phi) is 5.17. The van der Waals surface area contributed by atoms with Gasteiger partial charge in [-0.2, -0.15) is 5.26 Å². The Bertz CT molecular complexity index is 1100. The highest BCUT2D eigenvalue weighted by Crippen LogP contribution is 2.73. The Morgan fingerprint density at radius 3 is 2.37 bits per heavy atom. The lowest BCUT2D eigenvalue weighted by Crippen LogP contribution is -2.66. The second-order valence-corrected chi connectivity index (χ2v) is 14.1. The largest absolute Gasteiger partial charge is 0.387 e. The molecule has 0 saturated heterocycles. The van der Waals surface area contributed by atoms with Crippen LogP contribution >= 0.6 is 0 Å². The first-order valence-corrected chi connectivity index (χ1v) is 13.5. The zero-order valence-corrected chi connectivity index (χ0v) is 22.3. The molecule has 5 aliphatic rings. The monoisotopic (exact) mass is 478 g/mol. The minimum atomic E-state index is -0.749. The van der Waals surface area contributed by atoms with Crippen molar-refractivity contribution in [2.24, 2.45) is 56.5 Å². The van der Waals surface area contributed by atoms with Crippen molar-refractivity contribution in [3.05, 3.63) is 23.3 Å². The summed E-state index contributed by atoms with van der Waals surface area (Å²) in [7, 11) is 0. The van der Waals surface area contributed by atoms with Crippen LogP contribution in [0.2, 0.25) is 0 Å². The van der Waals surface area contributed by atoms with Gasteiger partial charge in [0.05, 0.1) is 23.2 Å². The molecule has 3 N–H and O–H groups in total. The third-order valence-corrected chi connectivity index (χ3v) is 12.2. The standard InChI is InChI=1S/C30H42N2O3/c1-17-19-7-8-28(5)22(27(19,4)14-18(16-31)24(17)34)13-21(33)23-20-15-26(2,3)9-11-30(20,25(32)35)12-10-29(23,28)6/h13-14,17,19-20,23-24,34H,7-12,15H2,1-6H3,(H2,32,35). The molecule has 35 heavy (non-hydrogen) atoms. The maximum atomic E-state index is 14.2. The number of aliphatic hydroxyl groups excluding tert-OH is 1. The van der Waals surface area contributed by atoms with Gasteiger partial charge in [0.1, 0.15) is 0 Å². The lowest BCUT2D eigenvalue weighted by atomic mass is 9.34. The van der Waals surface area contributed by atoms with Gasteiger partial charge in [-0.3, -0.25) is 9.59 Å². The number of carbonyl (C=O) groups excluding carboxylic acids is 2. The number of carbonyl (C=O) groups is 2. The van der Waals surface area contributed by atoms with Crippen molar-refractivity contribution >= 4 is 11.7 Å². The molecular weight excluding hydrogens is 436 g/mol. The Labute approximate surface area is 210 Å². The quantitative estimate of drug-likeness (QED) is 0.547. The van der Waals surface area contributed by atoms with Gasteiger partial charge >= 0.3 is 0 Å². The number of hydrogen-bond donors (Lipinski definition) is 2. The van der Waals surface area contributed by atoms with E-state index in [4.69, 9.17) is 5.73 Å². The van der Waals surface area contributed by atoms with Crippen molar-refractivity contribution in [2.45, 2.75) is 92.6 Å². The highest BCUT2D eigenvalue weighted by Gasteiger charge is 2.69. The van der Waals surface area contributed by atoms with Crippen molar-refractivity contribution in [3.63, 3.8) is 0 Å². The molecule has 3 saturated carbocycles. The topological polar surface area (TPSA) is 104 Å². The van der Waals surface area contributed by atoms with Gasteiger partial charge in [0.25, 0.3) is 0 Å². The van der Waals surface area contributed by atoms with E-state index >= 15 is 0 Å². The summed E-state index contributed by atoms with van der Waals surface area (Å²) in [5, 5.41) is 20.6. The van der Waals surface area contributed by atoms with Crippen molar-refractivity contribution in [2.75, 3.05) is 0 Å². The maximum Gasteiger partial charge on any atom is 0.223 e. The first-order chi connectivity index (χ1) is 16.2. The molecule has 0 aliphatic heterocycles. The second kappa shape index (κ2) is 7.31. The molecule has 9 unspecified atom stereocenters. The molecule has 0 aromatic heterocycles. The second-order valence-electron chi connectivity index (χ2n) is 14.1. The van der Waals surface area contributed by atoms with E-state index in [2.05, 4.69) is 40.7 Å². The summed E-state index contributed by atoms with van der Waals surface area (Å²) in [5.74, 6) is -0.195. The van der Waals surface area contributed by atoms with Gasteiger partial charge in [0, 0.05) is 11.3 Å². The number of amides is 1. The highest BCUT2D eigenvalue weighted by molar-refractivity contribution is 5.96. The van der Waals surface area contributed by atoms with Crippen LogP contribution in [0.4, 0.5) is 0 Å². The van der Waals surface area contributed by atoms with E-state index in [0.717, 1.165) is 50.5 Å². The van der Waals surface area contributed by atoms with Crippen LogP contribution in [-0.4, -0.2) is 22.9 Å². The average Bonchev–Trinajstić information content (AvgIpc) is 2.77. The highest BCUT2D eigenvalue weighted by atomic mass is 16.3. The molecule has 0 bridgehead atoms. The van der Waals surface area contributed by atoms with Crippen LogP contribution in [-0.2, 0) is 9.59 Å². The van der Waals surface area contributed by atoms with E-state index in [-0.39, 0.29) is 51.6 Å². The first kappa shape index (κ1) is 24.8. The molecule has 3 fully saturated rings. The van der Waals surface area contributed by atoms with Gasteiger partial charge in [-0.15, -0.1) is 0 Å². The average molecular weight is 479 g/mol. The van der Waals surface area contributed by atoms with Crippen LogP contribution in [0, 0.1) is 62.1 Å². The molecule has 0 radical (unpaired) electrons. The zero-order chi connectivity index (χ0) is 25.8. The van der Waals surface area contributed by atoms with E-state index in [9.17, 15) is 20.0 Å². The Hall–Kier alpha value is -1.93. The van der Waals surface area contributed by atoms with Gasteiger partial charge < -0.3 is 10.8 Å². The number of fused-ring (bicyclic) bond motifs is 7. The molecule has 5 rings (SSSR count). The molecule has 0 spiro atoms. The lowest BCUT2D eigenvalue weighted by Gasteiger charge is -2.68. The minimum absolute atomic E-state index is 0.0348. The SMILES string of the molecule is CC1C(O)C(C#N)=CC2(C)C3=CC(=O)C4C5CC(C)(C)CCC5(C(N)=O)CCC4(C)C3(C)CCC12. The van der Waals surface area contributed by atoms with Crippen molar-refractivity contribution < 1.29 is 14.7 Å². The van der Waals surface area contributed by atoms with Gasteiger partial charge in [0.2, 0.25) is 5.91 Å². The van der Waals surface area contributed by atoms with Crippen LogP contribution in [0.1, 0.15) is 86.5 Å². The number of nitrogens with two attached hydrogens (primary N) is 1. The third kappa shape index (κ3) is 2.95. The first-order valence-electron chi connectivity index (χ1n) is 13.5.